The third-order valence-electron chi connectivity index (χ3n) is 10.4. The van der Waals surface area contributed by atoms with E-state index in [1.807, 2.05) is 13.8 Å². The number of nitrogens with one attached hydrogen (secondary N) is 2. The lowest BCUT2D eigenvalue weighted by atomic mass is 10.0. The Kier molecular flexibility index (Phi) is 15.0. The number of amides is 4. The van der Waals surface area contributed by atoms with E-state index in [-0.39, 0.29) is 96.5 Å². The van der Waals surface area contributed by atoms with Crippen LogP contribution < -0.4 is 31.6 Å². The maximum absolute atomic E-state index is 13.7. The molecule has 6 aromatic rings. The first-order chi connectivity index (χ1) is 31.6. The average molecular weight is 909 g/mol. The summed E-state index contributed by atoms with van der Waals surface area (Å²) >= 11 is 0. The number of rotatable bonds is 22. The molecule has 0 unspecified atom stereocenters. The number of Topliss-reactive ketones (excluding diaryl/α,β-unsaturated/α-hetero) is 1. The smallest absolute Gasteiger partial charge is 0.309 e. The molecule has 0 aliphatic heterocycles. The Balaban J connectivity index is 1.36. The highest BCUT2D eigenvalue weighted by Gasteiger charge is 2.26. The highest BCUT2D eigenvalue weighted by atomic mass is 16.5. The van der Waals surface area contributed by atoms with Gasteiger partial charge in [0.25, 0.3) is 11.8 Å². The van der Waals surface area contributed by atoms with E-state index >= 15 is 0 Å². The Labute approximate surface area is 378 Å². The number of anilines is 2. The molecule has 0 saturated carbocycles. The van der Waals surface area contributed by atoms with Gasteiger partial charge in [0.05, 0.1) is 48.7 Å². The number of fused-ring (bicyclic) bond motifs is 2. The first-order valence-corrected chi connectivity index (χ1v) is 21.3. The monoisotopic (exact) mass is 908 g/mol. The number of oxazole rings is 2. The maximum Gasteiger partial charge on any atom is 0.309 e. The van der Waals surface area contributed by atoms with Gasteiger partial charge >= 0.3 is 5.97 Å². The van der Waals surface area contributed by atoms with Crippen molar-refractivity contribution in [3.8, 4) is 11.5 Å². The Hall–Kier alpha value is -7.84. The number of carbonyl (C=O) groups is 6. The van der Waals surface area contributed by atoms with Gasteiger partial charge in [-0.1, -0.05) is 39.8 Å². The number of hydrogen-bond acceptors (Lipinski definition) is 15. The van der Waals surface area contributed by atoms with Crippen LogP contribution in [0.25, 0.3) is 22.1 Å². The molecule has 0 saturated heterocycles. The molecule has 4 heterocycles. The third kappa shape index (κ3) is 10.6. The summed E-state index contributed by atoms with van der Waals surface area (Å²) in [5.74, 6) is -2.58. The lowest BCUT2D eigenvalue weighted by Gasteiger charge is -2.14. The van der Waals surface area contributed by atoms with Gasteiger partial charge in [0.15, 0.2) is 11.8 Å². The van der Waals surface area contributed by atoms with Crippen molar-refractivity contribution in [3.05, 3.63) is 82.2 Å². The zero-order chi connectivity index (χ0) is 47.8. The summed E-state index contributed by atoms with van der Waals surface area (Å²) in [4.78, 5) is 94.4. The van der Waals surface area contributed by atoms with Gasteiger partial charge in [-0.2, -0.15) is 0 Å². The minimum atomic E-state index is -0.755. The molecule has 21 nitrogen and oxygen atoms in total. The molecule has 4 amide bonds. The number of ketones is 1. The number of imidazole rings is 2. The van der Waals surface area contributed by atoms with Crippen molar-refractivity contribution in [1.82, 2.24) is 29.1 Å². The number of aromatic nitrogens is 6. The first kappa shape index (κ1) is 47.6. The van der Waals surface area contributed by atoms with Crippen molar-refractivity contribution in [2.24, 2.45) is 17.4 Å². The number of nitrogens with two attached hydrogens (primary N) is 2. The Morgan fingerprint density at radius 2 is 1.21 bits per heavy atom. The largest absolute Gasteiger partial charge is 0.494 e. The minimum Gasteiger partial charge on any atom is -0.494 e. The topological polar surface area (TPSA) is 294 Å². The predicted molar refractivity (Wildman–Crippen MR) is 239 cm³/mol. The van der Waals surface area contributed by atoms with E-state index in [0.29, 0.717) is 59.0 Å². The molecular weight excluding hydrogens is 857 g/mol. The van der Waals surface area contributed by atoms with Crippen LogP contribution in [0.4, 0.5) is 11.9 Å². The van der Waals surface area contributed by atoms with E-state index in [1.54, 1.807) is 49.0 Å². The molecule has 21 heteroatoms. The quantitative estimate of drug-likeness (QED) is 0.0377. The number of methoxy groups -OCH3 is 1. The lowest BCUT2D eigenvalue weighted by Crippen LogP contribution is -2.19. The number of benzene rings is 2. The fourth-order valence-corrected chi connectivity index (χ4v) is 7.13. The number of nitrogens with zero attached hydrogens (tertiary/aromatic N) is 6. The van der Waals surface area contributed by atoms with Crippen molar-refractivity contribution in [3.63, 3.8) is 0 Å². The number of esters is 1. The van der Waals surface area contributed by atoms with E-state index in [4.69, 9.17) is 34.5 Å². The van der Waals surface area contributed by atoms with Crippen molar-refractivity contribution in [2.75, 3.05) is 31.0 Å². The molecule has 6 rings (SSSR count). The molecule has 0 aliphatic carbocycles. The molecule has 0 spiro atoms. The maximum atomic E-state index is 13.7. The summed E-state index contributed by atoms with van der Waals surface area (Å²) in [6, 6.07) is 5.88. The van der Waals surface area contributed by atoms with Crippen LogP contribution in [0.3, 0.4) is 0 Å². The van der Waals surface area contributed by atoms with Crippen LogP contribution in [0.15, 0.2) is 45.3 Å². The Morgan fingerprint density at radius 3 is 1.67 bits per heavy atom. The van der Waals surface area contributed by atoms with E-state index < -0.39 is 35.5 Å². The van der Waals surface area contributed by atoms with Gasteiger partial charge in [0, 0.05) is 57.3 Å². The second-order valence-electron chi connectivity index (χ2n) is 15.2. The molecule has 6 N–H and O–H groups in total. The van der Waals surface area contributed by atoms with Gasteiger partial charge in [-0.3, -0.25) is 39.4 Å². The number of primary amides is 2. The summed E-state index contributed by atoms with van der Waals surface area (Å²) in [5, 5.41) is 5.64. The molecule has 1 atom stereocenters. The van der Waals surface area contributed by atoms with Gasteiger partial charge in [0.2, 0.25) is 35.2 Å². The van der Waals surface area contributed by atoms with E-state index in [9.17, 15) is 28.8 Å². The number of aryl methyl sites for hydroxylation is 4. The summed E-state index contributed by atoms with van der Waals surface area (Å²) < 4.78 is 31.9. The van der Waals surface area contributed by atoms with E-state index in [2.05, 4.69) is 30.6 Å². The van der Waals surface area contributed by atoms with Crippen LogP contribution >= 0.6 is 0 Å². The second kappa shape index (κ2) is 20.8. The first-order valence-electron chi connectivity index (χ1n) is 21.3. The average Bonchev–Trinajstić information content (AvgIpc) is 4.06. The van der Waals surface area contributed by atoms with Crippen LogP contribution in [0.5, 0.6) is 11.5 Å². The highest BCUT2D eigenvalue weighted by molar-refractivity contribution is 6.05. The number of hydrogen-bond donors (Lipinski definition) is 4. The third-order valence-corrected chi connectivity index (χ3v) is 10.4. The second-order valence-corrected chi connectivity index (χ2v) is 15.2. The summed E-state index contributed by atoms with van der Waals surface area (Å²) in [6.07, 6.45) is 5.05. The summed E-state index contributed by atoms with van der Waals surface area (Å²) in [7, 11) is 1.42. The van der Waals surface area contributed by atoms with Crippen molar-refractivity contribution in [2.45, 2.75) is 86.7 Å². The van der Waals surface area contributed by atoms with Gasteiger partial charge in [-0.25, -0.2) is 19.9 Å². The highest BCUT2D eigenvalue weighted by Crippen LogP contribution is 2.33. The standard InChI is InChI=1S/C45H52N10O11/c1-8-28(56)18-23(4)43(61)64-17-13-16-63-34-22-27(40(47)58)20-32-36(34)55(45(51-32)53-42(60)38-30(10-3)49-25(6)66-38)15-12-11-14-54-35-31(19-26(39(46)57)21-33(35)62-7)50-44(54)52-41(59)37-29(9-2)48-24(5)65-37/h11-12,19-23H,8-10,13-18H2,1-7H3,(H2,46,57)(H2,47,58)(H,50,52,59)(H,51,53,60)/b12-11+/t23-/m0/s1. The zero-order valence-corrected chi connectivity index (χ0v) is 37.7. The molecule has 0 radical (unpaired) electrons. The predicted octanol–water partition coefficient (Wildman–Crippen LogP) is 5.39. The molecule has 2 aromatic carbocycles. The fourth-order valence-electron chi connectivity index (χ4n) is 7.13. The van der Waals surface area contributed by atoms with E-state index in [1.165, 1.54) is 31.4 Å². The minimum absolute atomic E-state index is 0.000375. The number of allylic oxidation sites excluding steroid dienone is 2. The Bertz CT molecular complexity index is 2870. The molecule has 0 aliphatic rings. The molecule has 0 bridgehead atoms. The SMILES string of the molecule is CCC(=O)C[C@H](C)C(=O)OCCCOc1cc(C(N)=O)cc2nc(NC(=O)c3oc(C)nc3CC)n(C/C=C/Cn3c(NC(=O)c4oc(C)nc4CC)nc4cc(C(N)=O)cc(OC)c43)c12. The molecular formula is C45H52N10O11. The van der Waals surface area contributed by atoms with Crippen molar-refractivity contribution >= 4 is 69.3 Å². The number of carbonyl (C=O) groups excluding carboxylic acids is 6. The lowest BCUT2D eigenvalue weighted by molar-refractivity contribution is -0.149. The molecule has 348 valence electrons. The molecule has 0 fully saturated rings. The Morgan fingerprint density at radius 1 is 0.727 bits per heavy atom. The fraction of sp³-hybridized carbons (Fsp3) is 0.378. The van der Waals surface area contributed by atoms with Crippen LogP contribution in [0, 0.1) is 19.8 Å². The van der Waals surface area contributed by atoms with Gasteiger partial charge in [0.1, 0.15) is 28.3 Å². The van der Waals surface area contributed by atoms with Crippen LogP contribution in [0.1, 0.15) is 112 Å². The summed E-state index contributed by atoms with van der Waals surface area (Å²) in [5.41, 5.74) is 13.8. The van der Waals surface area contributed by atoms with E-state index in [0.717, 1.165) is 0 Å². The molecule has 4 aromatic heterocycles. The van der Waals surface area contributed by atoms with Gasteiger partial charge in [-0.05, 0) is 37.1 Å². The van der Waals surface area contributed by atoms with Gasteiger partial charge < -0.3 is 43.6 Å². The van der Waals surface area contributed by atoms with Crippen LogP contribution in [-0.2, 0) is 40.3 Å². The van der Waals surface area contributed by atoms with Crippen molar-refractivity contribution < 1.29 is 51.8 Å². The normalized spacial score (nSPS) is 11.9. The summed E-state index contributed by atoms with van der Waals surface area (Å²) in [6.45, 7) is 10.5. The van der Waals surface area contributed by atoms with Crippen LogP contribution in [0.2, 0.25) is 0 Å². The number of ether oxygens (including phenoxy) is 3. The van der Waals surface area contributed by atoms with Crippen LogP contribution in [-0.4, -0.2) is 84.8 Å². The molecule has 66 heavy (non-hydrogen) atoms. The zero-order valence-electron chi connectivity index (χ0n) is 37.7. The van der Waals surface area contributed by atoms with Crippen molar-refractivity contribution in [1.29, 1.82) is 0 Å². The van der Waals surface area contributed by atoms with Gasteiger partial charge in [-0.15, -0.1) is 0 Å².